The molecule has 1 N–H and O–H groups in total. The lowest BCUT2D eigenvalue weighted by atomic mass is 10.2. The highest BCUT2D eigenvalue weighted by Crippen LogP contribution is 2.18. The van der Waals surface area contributed by atoms with E-state index in [2.05, 4.69) is 21.2 Å². The maximum Gasteiger partial charge on any atom is 0.261 e. The van der Waals surface area contributed by atoms with Gasteiger partial charge in [-0.3, -0.25) is 4.79 Å². The quantitative estimate of drug-likeness (QED) is 0.885. The minimum absolute atomic E-state index is 0.181. The standard InChI is InChI=1S/C16H18BrNO3/c1-10-4-9-15(20-10)11(2)18-16(19)12(3)21-14-7-5-13(17)6-8-14/h4-9,11-12H,1-3H3,(H,18,19). The Bertz CT molecular complexity index is 606. The van der Waals surface area contributed by atoms with Crippen LogP contribution >= 0.6 is 15.9 Å². The molecule has 0 aliphatic carbocycles. The van der Waals surface area contributed by atoms with Crippen LogP contribution in [0, 0.1) is 6.92 Å². The van der Waals surface area contributed by atoms with Crippen molar-refractivity contribution in [3.05, 3.63) is 52.4 Å². The normalized spacial score (nSPS) is 13.5. The summed E-state index contributed by atoms with van der Waals surface area (Å²) in [6, 6.07) is 10.9. The van der Waals surface area contributed by atoms with E-state index in [1.165, 1.54) is 0 Å². The number of ether oxygens (including phenoxy) is 1. The molecule has 0 saturated heterocycles. The van der Waals surface area contributed by atoms with Crippen molar-refractivity contribution in [2.24, 2.45) is 0 Å². The minimum Gasteiger partial charge on any atom is -0.481 e. The average Bonchev–Trinajstić information content (AvgIpc) is 2.88. The third-order valence-corrected chi connectivity index (χ3v) is 3.57. The van der Waals surface area contributed by atoms with E-state index in [9.17, 15) is 4.79 Å². The molecule has 112 valence electrons. The monoisotopic (exact) mass is 351 g/mol. The van der Waals surface area contributed by atoms with Crippen LogP contribution in [0.1, 0.15) is 31.4 Å². The molecule has 0 saturated carbocycles. The number of amides is 1. The first-order valence-corrected chi connectivity index (χ1v) is 7.54. The van der Waals surface area contributed by atoms with Crippen molar-refractivity contribution in [3.63, 3.8) is 0 Å². The third-order valence-electron chi connectivity index (χ3n) is 3.04. The van der Waals surface area contributed by atoms with Gasteiger partial charge >= 0.3 is 0 Å². The van der Waals surface area contributed by atoms with Gasteiger partial charge in [0.1, 0.15) is 17.3 Å². The Hall–Kier alpha value is -1.75. The molecule has 2 rings (SSSR count). The van der Waals surface area contributed by atoms with Gasteiger partial charge in [0.15, 0.2) is 6.10 Å². The van der Waals surface area contributed by atoms with Crippen LogP contribution in [0.25, 0.3) is 0 Å². The number of rotatable bonds is 5. The number of nitrogens with one attached hydrogen (secondary N) is 1. The Morgan fingerprint density at radius 1 is 1.19 bits per heavy atom. The first kappa shape index (κ1) is 15.6. The Kier molecular flexibility index (Phi) is 5.07. The van der Waals surface area contributed by atoms with Crippen molar-refractivity contribution in [3.8, 4) is 5.75 Å². The minimum atomic E-state index is -0.579. The van der Waals surface area contributed by atoms with Crippen molar-refractivity contribution in [2.45, 2.75) is 32.9 Å². The summed E-state index contributed by atoms with van der Waals surface area (Å²) in [5.74, 6) is 2.03. The highest BCUT2D eigenvalue weighted by Gasteiger charge is 2.19. The van der Waals surface area contributed by atoms with Gasteiger partial charge in [0, 0.05) is 4.47 Å². The molecular weight excluding hydrogens is 334 g/mol. The van der Waals surface area contributed by atoms with Gasteiger partial charge in [0.05, 0.1) is 6.04 Å². The number of hydrogen-bond donors (Lipinski definition) is 1. The Morgan fingerprint density at radius 3 is 2.43 bits per heavy atom. The lowest BCUT2D eigenvalue weighted by Gasteiger charge is -2.17. The van der Waals surface area contributed by atoms with Crippen LogP contribution in [0.5, 0.6) is 5.75 Å². The summed E-state index contributed by atoms with van der Waals surface area (Å²) in [5.41, 5.74) is 0. The van der Waals surface area contributed by atoms with Crippen LogP contribution < -0.4 is 10.1 Å². The summed E-state index contributed by atoms with van der Waals surface area (Å²) in [5, 5.41) is 2.87. The maximum absolute atomic E-state index is 12.1. The summed E-state index contributed by atoms with van der Waals surface area (Å²) >= 11 is 3.36. The average molecular weight is 352 g/mol. The zero-order valence-corrected chi connectivity index (χ0v) is 13.8. The molecule has 0 fully saturated rings. The molecule has 0 aliphatic heterocycles. The molecule has 1 heterocycles. The first-order valence-electron chi connectivity index (χ1n) is 6.74. The van der Waals surface area contributed by atoms with Crippen LogP contribution in [-0.4, -0.2) is 12.0 Å². The molecule has 0 aliphatic rings. The molecule has 21 heavy (non-hydrogen) atoms. The van der Waals surface area contributed by atoms with Crippen molar-refractivity contribution in [2.75, 3.05) is 0 Å². The molecule has 2 unspecified atom stereocenters. The summed E-state index contributed by atoms with van der Waals surface area (Å²) < 4.78 is 12.1. The van der Waals surface area contributed by atoms with Crippen LogP contribution in [0.2, 0.25) is 0 Å². The zero-order chi connectivity index (χ0) is 15.4. The molecule has 4 nitrogen and oxygen atoms in total. The van der Waals surface area contributed by atoms with Crippen LogP contribution in [0.4, 0.5) is 0 Å². The number of carbonyl (C=O) groups excluding carboxylic acids is 1. The largest absolute Gasteiger partial charge is 0.481 e. The van der Waals surface area contributed by atoms with Gasteiger partial charge in [-0.25, -0.2) is 0 Å². The second-order valence-electron chi connectivity index (χ2n) is 4.89. The van der Waals surface area contributed by atoms with Crippen LogP contribution in [0.3, 0.4) is 0 Å². The van der Waals surface area contributed by atoms with E-state index < -0.39 is 6.10 Å². The fourth-order valence-electron chi connectivity index (χ4n) is 1.86. The van der Waals surface area contributed by atoms with Gasteiger partial charge in [-0.1, -0.05) is 15.9 Å². The molecule has 5 heteroatoms. The number of benzene rings is 1. The zero-order valence-electron chi connectivity index (χ0n) is 12.2. The molecule has 1 aromatic carbocycles. The molecule has 0 radical (unpaired) electrons. The van der Waals surface area contributed by atoms with Gasteiger partial charge in [0.2, 0.25) is 0 Å². The summed E-state index contributed by atoms with van der Waals surface area (Å²) in [7, 11) is 0. The van der Waals surface area contributed by atoms with Crippen molar-refractivity contribution >= 4 is 21.8 Å². The number of carbonyl (C=O) groups is 1. The van der Waals surface area contributed by atoms with E-state index in [1.54, 1.807) is 6.92 Å². The van der Waals surface area contributed by atoms with E-state index in [-0.39, 0.29) is 11.9 Å². The fourth-order valence-corrected chi connectivity index (χ4v) is 2.12. The van der Waals surface area contributed by atoms with Gasteiger partial charge in [-0.05, 0) is 57.2 Å². The number of halogens is 1. The van der Waals surface area contributed by atoms with Gasteiger partial charge in [-0.15, -0.1) is 0 Å². The molecule has 2 atom stereocenters. The Morgan fingerprint density at radius 2 is 1.86 bits per heavy atom. The van der Waals surface area contributed by atoms with Crippen LogP contribution in [-0.2, 0) is 4.79 Å². The van der Waals surface area contributed by atoms with E-state index in [0.717, 1.165) is 16.0 Å². The molecular formula is C16H18BrNO3. The predicted octanol–water partition coefficient (Wildman–Crippen LogP) is 4.00. The fraction of sp³-hybridized carbons (Fsp3) is 0.312. The number of furan rings is 1. The number of hydrogen-bond acceptors (Lipinski definition) is 3. The summed E-state index contributed by atoms with van der Waals surface area (Å²) in [4.78, 5) is 12.1. The SMILES string of the molecule is Cc1ccc(C(C)NC(=O)C(C)Oc2ccc(Br)cc2)o1. The highest BCUT2D eigenvalue weighted by atomic mass is 79.9. The van der Waals surface area contributed by atoms with E-state index >= 15 is 0 Å². The van der Waals surface area contributed by atoms with Crippen molar-refractivity contribution in [1.29, 1.82) is 0 Å². The van der Waals surface area contributed by atoms with Crippen molar-refractivity contribution < 1.29 is 13.9 Å². The number of aryl methyl sites for hydroxylation is 1. The van der Waals surface area contributed by atoms with Gasteiger partial charge in [-0.2, -0.15) is 0 Å². The van der Waals surface area contributed by atoms with E-state index in [1.807, 2.05) is 50.2 Å². The van der Waals surface area contributed by atoms with Gasteiger partial charge in [0.25, 0.3) is 5.91 Å². The second-order valence-corrected chi connectivity index (χ2v) is 5.81. The summed E-state index contributed by atoms with van der Waals surface area (Å²) in [6.07, 6.45) is -0.579. The first-order chi connectivity index (χ1) is 9.95. The lowest BCUT2D eigenvalue weighted by molar-refractivity contribution is -0.128. The lowest BCUT2D eigenvalue weighted by Crippen LogP contribution is -2.37. The molecule has 0 bridgehead atoms. The maximum atomic E-state index is 12.1. The molecule has 1 amide bonds. The molecule has 2 aromatic rings. The van der Waals surface area contributed by atoms with E-state index in [0.29, 0.717) is 5.75 Å². The van der Waals surface area contributed by atoms with Gasteiger partial charge < -0.3 is 14.5 Å². The molecule has 1 aromatic heterocycles. The highest BCUT2D eigenvalue weighted by molar-refractivity contribution is 9.10. The predicted molar refractivity (Wildman–Crippen MR) is 84.2 cm³/mol. The van der Waals surface area contributed by atoms with E-state index in [4.69, 9.17) is 9.15 Å². The second kappa shape index (κ2) is 6.80. The topological polar surface area (TPSA) is 51.5 Å². The molecule has 0 spiro atoms. The smallest absolute Gasteiger partial charge is 0.261 e. The van der Waals surface area contributed by atoms with Crippen molar-refractivity contribution in [1.82, 2.24) is 5.32 Å². The summed E-state index contributed by atoms with van der Waals surface area (Å²) in [6.45, 7) is 5.47. The Labute approximate surface area is 132 Å². The third kappa shape index (κ3) is 4.36. The Balaban J connectivity index is 1.91. The van der Waals surface area contributed by atoms with Crippen LogP contribution in [0.15, 0.2) is 45.3 Å².